The Balaban J connectivity index is 1.74. The molecule has 1 aromatic heterocycles. The summed E-state index contributed by atoms with van der Waals surface area (Å²) in [5.41, 5.74) is 9.69. The van der Waals surface area contributed by atoms with Crippen molar-refractivity contribution in [2.75, 3.05) is 31.1 Å². The van der Waals surface area contributed by atoms with Gasteiger partial charge in [-0.3, -0.25) is 4.90 Å². The van der Waals surface area contributed by atoms with Crippen molar-refractivity contribution in [1.82, 2.24) is 9.88 Å². The third kappa shape index (κ3) is 3.60. The van der Waals surface area contributed by atoms with Crippen molar-refractivity contribution in [3.05, 3.63) is 59.3 Å². The zero-order valence-corrected chi connectivity index (χ0v) is 14.9. The Bertz CT molecular complexity index is 661. The number of aromatic nitrogens is 1. The number of benzene rings is 1. The van der Waals surface area contributed by atoms with Gasteiger partial charge in [0.15, 0.2) is 0 Å². The summed E-state index contributed by atoms with van der Waals surface area (Å²) in [4.78, 5) is 9.74. The first kappa shape index (κ1) is 16.9. The quantitative estimate of drug-likeness (QED) is 0.939. The van der Waals surface area contributed by atoms with Gasteiger partial charge in [-0.25, -0.2) is 4.98 Å². The molecule has 2 aromatic rings. The summed E-state index contributed by atoms with van der Waals surface area (Å²) < 4.78 is 0. The molecule has 128 valence electrons. The highest BCUT2D eigenvalue weighted by Crippen LogP contribution is 2.24. The minimum Gasteiger partial charge on any atom is -0.354 e. The summed E-state index contributed by atoms with van der Waals surface area (Å²) in [5.74, 6) is 1.07. The number of aryl methyl sites for hydroxylation is 1. The van der Waals surface area contributed by atoms with Crippen molar-refractivity contribution < 1.29 is 0 Å². The highest BCUT2D eigenvalue weighted by molar-refractivity contribution is 5.44. The van der Waals surface area contributed by atoms with Crippen molar-refractivity contribution in [2.24, 2.45) is 5.73 Å². The number of nitrogens with zero attached hydrogens (tertiary/aromatic N) is 3. The molecule has 1 atom stereocenters. The molecule has 4 nitrogen and oxygen atoms in total. The first-order valence-corrected chi connectivity index (χ1v) is 8.83. The average molecular weight is 324 g/mol. The minimum atomic E-state index is -0.120. The first-order valence-electron chi connectivity index (χ1n) is 8.83. The molecule has 0 saturated carbocycles. The van der Waals surface area contributed by atoms with E-state index in [0.717, 1.165) is 48.8 Å². The van der Waals surface area contributed by atoms with E-state index in [0.29, 0.717) is 6.04 Å². The van der Waals surface area contributed by atoms with Gasteiger partial charge in [-0.15, -0.1) is 0 Å². The molecule has 1 aromatic carbocycles. The standard InChI is InChI=1S/C20H28N4/c1-15(2)23-11-13-24(14-12-23)19-10-9-18(16(3)22-19)20(21)17-7-5-4-6-8-17/h4-10,15,20H,11-14,21H2,1-3H3/t20-/m1/s1. The summed E-state index contributed by atoms with van der Waals surface area (Å²) in [6, 6.07) is 15.0. The van der Waals surface area contributed by atoms with Gasteiger partial charge in [0, 0.05) is 37.9 Å². The van der Waals surface area contributed by atoms with Crippen LogP contribution in [0.2, 0.25) is 0 Å². The number of piperazine rings is 1. The van der Waals surface area contributed by atoms with Gasteiger partial charge in [-0.1, -0.05) is 36.4 Å². The molecule has 2 heterocycles. The summed E-state index contributed by atoms with van der Waals surface area (Å²) in [7, 11) is 0. The van der Waals surface area contributed by atoms with Crippen LogP contribution in [0.3, 0.4) is 0 Å². The molecule has 1 aliphatic heterocycles. The van der Waals surface area contributed by atoms with Gasteiger partial charge in [-0.05, 0) is 38.0 Å². The van der Waals surface area contributed by atoms with E-state index < -0.39 is 0 Å². The van der Waals surface area contributed by atoms with Crippen LogP contribution < -0.4 is 10.6 Å². The van der Waals surface area contributed by atoms with E-state index in [1.54, 1.807) is 0 Å². The molecule has 0 radical (unpaired) electrons. The zero-order chi connectivity index (χ0) is 17.1. The van der Waals surface area contributed by atoms with Crippen LogP contribution >= 0.6 is 0 Å². The maximum atomic E-state index is 6.44. The topological polar surface area (TPSA) is 45.4 Å². The van der Waals surface area contributed by atoms with Crippen LogP contribution in [0.1, 0.15) is 36.7 Å². The second-order valence-electron chi connectivity index (χ2n) is 6.85. The fraction of sp³-hybridized carbons (Fsp3) is 0.450. The Kier molecular flexibility index (Phi) is 5.17. The monoisotopic (exact) mass is 324 g/mol. The molecule has 1 fully saturated rings. The lowest BCUT2D eigenvalue weighted by Gasteiger charge is -2.37. The maximum absolute atomic E-state index is 6.44. The van der Waals surface area contributed by atoms with Crippen molar-refractivity contribution in [3.8, 4) is 0 Å². The van der Waals surface area contributed by atoms with Crippen molar-refractivity contribution in [2.45, 2.75) is 32.9 Å². The van der Waals surface area contributed by atoms with E-state index in [4.69, 9.17) is 10.7 Å². The third-order valence-electron chi connectivity index (χ3n) is 4.97. The SMILES string of the molecule is Cc1nc(N2CCN(C(C)C)CC2)ccc1[C@H](N)c1ccccc1. The molecule has 4 heteroatoms. The van der Waals surface area contributed by atoms with Crippen LogP contribution in [0.25, 0.3) is 0 Å². The minimum absolute atomic E-state index is 0.120. The number of hydrogen-bond acceptors (Lipinski definition) is 4. The summed E-state index contributed by atoms with van der Waals surface area (Å²) in [5, 5.41) is 0. The molecule has 1 aliphatic rings. The molecule has 0 aliphatic carbocycles. The molecule has 0 amide bonds. The summed E-state index contributed by atoms with van der Waals surface area (Å²) in [6.45, 7) is 10.9. The number of rotatable bonds is 4. The molecule has 1 saturated heterocycles. The van der Waals surface area contributed by atoms with E-state index in [9.17, 15) is 0 Å². The van der Waals surface area contributed by atoms with E-state index in [1.165, 1.54) is 0 Å². The van der Waals surface area contributed by atoms with E-state index in [1.807, 2.05) is 18.2 Å². The largest absolute Gasteiger partial charge is 0.354 e. The van der Waals surface area contributed by atoms with Gasteiger partial charge in [0.05, 0.1) is 6.04 Å². The van der Waals surface area contributed by atoms with Crippen molar-refractivity contribution in [1.29, 1.82) is 0 Å². The number of nitrogens with two attached hydrogens (primary N) is 1. The lowest BCUT2D eigenvalue weighted by Crippen LogP contribution is -2.49. The molecule has 0 unspecified atom stereocenters. The van der Waals surface area contributed by atoms with Gasteiger partial charge < -0.3 is 10.6 Å². The highest BCUT2D eigenvalue weighted by Gasteiger charge is 2.20. The fourth-order valence-electron chi connectivity index (χ4n) is 3.37. The van der Waals surface area contributed by atoms with E-state index in [2.05, 4.69) is 54.8 Å². The Morgan fingerprint density at radius 1 is 0.958 bits per heavy atom. The molecular weight excluding hydrogens is 296 g/mol. The van der Waals surface area contributed by atoms with E-state index >= 15 is 0 Å². The summed E-state index contributed by atoms with van der Waals surface area (Å²) in [6.07, 6.45) is 0. The van der Waals surface area contributed by atoms with E-state index in [-0.39, 0.29) is 6.04 Å². The predicted octanol–water partition coefficient (Wildman–Crippen LogP) is 2.97. The lowest BCUT2D eigenvalue weighted by atomic mass is 9.98. The number of pyridine rings is 1. The van der Waals surface area contributed by atoms with Crippen LogP contribution in [0.15, 0.2) is 42.5 Å². The van der Waals surface area contributed by atoms with Gasteiger partial charge >= 0.3 is 0 Å². The number of hydrogen-bond donors (Lipinski definition) is 1. The van der Waals surface area contributed by atoms with Gasteiger partial charge in [-0.2, -0.15) is 0 Å². The van der Waals surface area contributed by atoms with Crippen LogP contribution in [0, 0.1) is 6.92 Å². The third-order valence-corrected chi connectivity index (χ3v) is 4.97. The molecule has 24 heavy (non-hydrogen) atoms. The van der Waals surface area contributed by atoms with Crippen LogP contribution in [-0.4, -0.2) is 42.1 Å². The molecular formula is C20H28N4. The van der Waals surface area contributed by atoms with Crippen molar-refractivity contribution >= 4 is 5.82 Å². The Labute approximate surface area is 145 Å². The van der Waals surface area contributed by atoms with Crippen molar-refractivity contribution in [3.63, 3.8) is 0 Å². The first-order chi connectivity index (χ1) is 11.6. The van der Waals surface area contributed by atoms with Gasteiger partial charge in [0.25, 0.3) is 0 Å². The fourth-order valence-corrected chi connectivity index (χ4v) is 3.37. The van der Waals surface area contributed by atoms with Crippen LogP contribution in [0.4, 0.5) is 5.82 Å². The lowest BCUT2D eigenvalue weighted by molar-refractivity contribution is 0.209. The maximum Gasteiger partial charge on any atom is 0.128 e. The Morgan fingerprint density at radius 2 is 1.62 bits per heavy atom. The molecule has 2 N–H and O–H groups in total. The van der Waals surface area contributed by atoms with Gasteiger partial charge in [0.2, 0.25) is 0 Å². The smallest absolute Gasteiger partial charge is 0.128 e. The zero-order valence-electron chi connectivity index (χ0n) is 14.9. The average Bonchev–Trinajstić information content (AvgIpc) is 2.62. The van der Waals surface area contributed by atoms with Gasteiger partial charge in [0.1, 0.15) is 5.82 Å². The normalized spacial score (nSPS) is 17.3. The molecule has 3 rings (SSSR count). The van der Waals surface area contributed by atoms with Crippen LogP contribution in [0.5, 0.6) is 0 Å². The highest BCUT2D eigenvalue weighted by atomic mass is 15.3. The molecule has 0 spiro atoms. The molecule has 0 bridgehead atoms. The Morgan fingerprint density at radius 3 is 2.21 bits per heavy atom. The predicted molar refractivity (Wildman–Crippen MR) is 100 cm³/mol. The second kappa shape index (κ2) is 7.32. The number of anilines is 1. The Hall–Kier alpha value is -1.91. The second-order valence-corrected chi connectivity index (χ2v) is 6.85. The summed E-state index contributed by atoms with van der Waals surface area (Å²) >= 11 is 0. The van der Waals surface area contributed by atoms with Crippen LogP contribution in [-0.2, 0) is 0 Å².